The Kier molecular flexibility index (Phi) is 7.69. The fraction of sp³-hybridized carbons (Fsp3) is 0.533. The van der Waals surface area contributed by atoms with E-state index in [9.17, 15) is 4.79 Å². The molecule has 0 aliphatic carbocycles. The monoisotopic (exact) mass is 280 g/mol. The summed E-state index contributed by atoms with van der Waals surface area (Å²) in [5.74, 6) is 0.604. The van der Waals surface area contributed by atoms with E-state index in [4.69, 9.17) is 15.2 Å². The lowest BCUT2D eigenvalue weighted by Crippen LogP contribution is -2.32. The highest BCUT2D eigenvalue weighted by Gasteiger charge is 2.07. The summed E-state index contributed by atoms with van der Waals surface area (Å²) in [4.78, 5) is 12.0. The van der Waals surface area contributed by atoms with Crippen LogP contribution >= 0.6 is 0 Å². The minimum atomic E-state index is -0.114. The van der Waals surface area contributed by atoms with Crippen molar-refractivity contribution in [2.24, 2.45) is 5.73 Å². The van der Waals surface area contributed by atoms with Crippen molar-refractivity contribution in [1.82, 2.24) is 5.32 Å². The Morgan fingerprint density at radius 2 is 2.25 bits per heavy atom. The number of hydrogen-bond acceptors (Lipinski definition) is 4. The van der Waals surface area contributed by atoms with Crippen LogP contribution in [0.25, 0.3) is 0 Å². The normalized spacial score (nSPS) is 11.9. The van der Waals surface area contributed by atoms with Crippen molar-refractivity contribution >= 4 is 5.91 Å². The molecule has 20 heavy (non-hydrogen) atoms. The van der Waals surface area contributed by atoms with Gasteiger partial charge in [0.2, 0.25) is 0 Å². The largest absolute Gasteiger partial charge is 0.494 e. The fourth-order valence-electron chi connectivity index (χ4n) is 1.72. The van der Waals surface area contributed by atoms with Gasteiger partial charge in [-0.1, -0.05) is 13.0 Å². The maximum absolute atomic E-state index is 12.0. The maximum atomic E-state index is 12.0. The molecule has 5 heteroatoms. The SMILES string of the molecule is CCCOc1cccc(C(=O)NCCC(N)COC)c1. The van der Waals surface area contributed by atoms with Crippen LogP contribution < -0.4 is 15.8 Å². The van der Waals surface area contributed by atoms with Gasteiger partial charge in [-0.05, 0) is 31.0 Å². The summed E-state index contributed by atoms with van der Waals surface area (Å²) in [6, 6.07) is 7.13. The topological polar surface area (TPSA) is 73.6 Å². The van der Waals surface area contributed by atoms with Gasteiger partial charge in [-0.15, -0.1) is 0 Å². The van der Waals surface area contributed by atoms with Gasteiger partial charge in [-0.25, -0.2) is 0 Å². The molecule has 1 amide bonds. The van der Waals surface area contributed by atoms with Gasteiger partial charge in [0.05, 0.1) is 13.2 Å². The number of hydrogen-bond donors (Lipinski definition) is 2. The van der Waals surface area contributed by atoms with Crippen LogP contribution in [0.1, 0.15) is 30.1 Å². The Balaban J connectivity index is 2.42. The molecule has 0 saturated carbocycles. The first-order chi connectivity index (χ1) is 9.67. The van der Waals surface area contributed by atoms with Crippen molar-refractivity contribution in [2.45, 2.75) is 25.8 Å². The quantitative estimate of drug-likeness (QED) is 0.720. The second kappa shape index (κ2) is 9.34. The van der Waals surface area contributed by atoms with Gasteiger partial charge in [-0.3, -0.25) is 4.79 Å². The fourth-order valence-corrected chi connectivity index (χ4v) is 1.72. The molecule has 1 aromatic rings. The highest BCUT2D eigenvalue weighted by Crippen LogP contribution is 2.13. The zero-order chi connectivity index (χ0) is 14.8. The summed E-state index contributed by atoms with van der Waals surface area (Å²) >= 11 is 0. The number of carbonyl (C=O) groups is 1. The molecule has 0 heterocycles. The molecular weight excluding hydrogens is 256 g/mol. The molecule has 5 nitrogen and oxygen atoms in total. The Labute approximate surface area is 120 Å². The second-order valence-corrected chi connectivity index (χ2v) is 4.64. The van der Waals surface area contributed by atoms with Crippen molar-refractivity contribution in [2.75, 3.05) is 26.9 Å². The van der Waals surface area contributed by atoms with Crippen LogP contribution in [0.3, 0.4) is 0 Å². The molecule has 3 N–H and O–H groups in total. The standard InChI is InChI=1S/C15H24N2O3/c1-3-9-20-14-6-4-5-12(10-14)15(18)17-8-7-13(16)11-19-2/h4-6,10,13H,3,7-9,11,16H2,1-2H3,(H,17,18). The van der Waals surface area contributed by atoms with Gasteiger partial charge >= 0.3 is 0 Å². The average Bonchev–Trinajstić information content (AvgIpc) is 2.45. The highest BCUT2D eigenvalue weighted by molar-refractivity contribution is 5.94. The molecule has 0 aromatic heterocycles. The van der Waals surface area contributed by atoms with Gasteiger partial charge in [-0.2, -0.15) is 0 Å². The number of rotatable bonds is 9. The number of methoxy groups -OCH3 is 1. The summed E-state index contributed by atoms with van der Waals surface area (Å²) < 4.78 is 10.4. The Bertz CT molecular complexity index is 410. The summed E-state index contributed by atoms with van der Waals surface area (Å²) in [5, 5.41) is 2.84. The minimum absolute atomic E-state index is 0.0560. The maximum Gasteiger partial charge on any atom is 0.251 e. The third kappa shape index (κ3) is 6.04. The van der Waals surface area contributed by atoms with Crippen LogP contribution in [-0.2, 0) is 4.74 Å². The number of ether oxygens (including phenoxy) is 2. The van der Waals surface area contributed by atoms with Crippen LogP contribution in [0.5, 0.6) is 5.75 Å². The van der Waals surface area contributed by atoms with Crippen LogP contribution in [0.2, 0.25) is 0 Å². The lowest BCUT2D eigenvalue weighted by Gasteiger charge is -2.11. The third-order valence-corrected chi connectivity index (χ3v) is 2.75. The van der Waals surface area contributed by atoms with Crippen LogP contribution in [0.15, 0.2) is 24.3 Å². The van der Waals surface area contributed by atoms with E-state index in [0.29, 0.717) is 31.7 Å². The predicted molar refractivity (Wildman–Crippen MR) is 79.0 cm³/mol. The van der Waals surface area contributed by atoms with Crippen molar-refractivity contribution < 1.29 is 14.3 Å². The van der Waals surface area contributed by atoms with E-state index in [-0.39, 0.29) is 11.9 Å². The van der Waals surface area contributed by atoms with Gasteiger partial charge in [0.1, 0.15) is 5.75 Å². The van der Waals surface area contributed by atoms with Crippen molar-refractivity contribution in [1.29, 1.82) is 0 Å². The molecule has 1 atom stereocenters. The first-order valence-electron chi connectivity index (χ1n) is 6.93. The van der Waals surface area contributed by atoms with Crippen molar-refractivity contribution in [3.63, 3.8) is 0 Å². The number of nitrogens with one attached hydrogen (secondary N) is 1. The summed E-state index contributed by atoms with van der Waals surface area (Å²) in [7, 11) is 1.61. The van der Waals surface area contributed by atoms with Crippen LogP contribution in [0, 0.1) is 0 Å². The van der Waals surface area contributed by atoms with Gasteiger partial charge in [0.25, 0.3) is 5.91 Å². The zero-order valence-electron chi connectivity index (χ0n) is 12.2. The number of carbonyl (C=O) groups excluding carboxylic acids is 1. The van der Waals surface area contributed by atoms with E-state index in [2.05, 4.69) is 5.32 Å². The highest BCUT2D eigenvalue weighted by atomic mass is 16.5. The molecule has 0 aliphatic rings. The molecule has 0 radical (unpaired) electrons. The molecule has 1 rings (SSSR count). The molecular formula is C15H24N2O3. The molecule has 1 unspecified atom stereocenters. The van der Waals surface area contributed by atoms with E-state index >= 15 is 0 Å². The summed E-state index contributed by atoms with van der Waals surface area (Å²) in [6.07, 6.45) is 1.62. The smallest absolute Gasteiger partial charge is 0.251 e. The molecule has 112 valence electrons. The van der Waals surface area contributed by atoms with E-state index in [1.807, 2.05) is 19.1 Å². The zero-order valence-corrected chi connectivity index (χ0v) is 12.2. The first kappa shape index (κ1) is 16.5. The molecule has 1 aromatic carbocycles. The van der Waals surface area contributed by atoms with E-state index in [0.717, 1.165) is 12.2 Å². The van der Waals surface area contributed by atoms with Gasteiger partial charge in [0, 0.05) is 25.3 Å². The second-order valence-electron chi connectivity index (χ2n) is 4.64. The molecule has 0 spiro atoms. The lowest BCUT2D eigenvalue weighted by molar-refractivity contribution is 0.0949. The van der Waals surface area contributed by atoms with Crippen molar-refractivity contribution in [3.05, 3.63) is 29.8 Å². The van der Waals surface area contributed by atoms with E-state index < -0.39 is 0 Å². The number of nitrogens with two attached hydrogens (primary N) is 1. The first-order valence-corrected chi connectivity index (χ1v) is 6.93. The molecule has 0 fully saturated rings. The molecule has 0 bridgehead atoms. The van der Waals surface area contributed by atoms with Crippen LogP contribution in [-0.4, -0.2) is 38.8 Å². The number of amides is 1. The van der Waals surface area contributed by atoms with E-state index in [1.54, 1.807) is 19.2 Å². The predicted octanol–water partition coefficient (Wildman–Crippen LogP) is 1.57. The van der Waals surface area contributed by atoms with E-state index in [1.165, 1.54) is 0 Å². The Hall–Kier alpha value is -1.59. The minimum Gasteiger partial charge on any atom is -0.494 e. The van der Waals surface area contributed by atoms with Gasteiger partial charge < -0.3 is 20.5 Å². The lowest BCUT2D eigenvalue weighted by atomic mass is 10.2. The summed E-state index contributed by atoms with van der Waals surface area (Å²) in [6.45, 7) is 3.72. The van der Waals surface area contributed by atoms with Crippen molar-refractivity contribution in [3.8, 4) is 5.75 Å². The molecule has 0 aliphatic heterocycles. The van der Waals surface area contributed by atoms with Gasteiger partial charge in [0.15, 0.2) is 0 Å². The van der Waals surface area contributed by atoms with Crippen LogP contribution in [0.4, 0.5) is 0 Å². The Morgan fingerprint density at radius 3 is 2.95 bits per heavy atom. The number of benzene rings is 1. The third-order valence-electron chi connectivity index (χ3n) is 2.75. The average molecular weight is 280 g/mol. The molecule has 0 saturated heterocycles. The summed E-state index contributed by atoms with van der Waals surface area (Å²) in [5.41, 5.74) is 6.39. The Morgan fingerprint density at radius 1 is 1.45 bits per heavy atom.